The number of aromatic nitrogens is 2. The molecule has 0 bridgehead atoms. The minimum Gasteiger partial charge on any atom is -0.409 e. The van der Waals surface area contributed by atoms with Gasteiger partial charge in [-0.1, -0.05) is 0 Å². The summed E-state index contributed by atoms with van der Waals surface area (Å²) in [7, 11) is 0. The number of nitrogens with one attached hydrogen (secondary N) is 1. The summed E-state index contributed by atoms with van der Waals surface area (Å²) in [5.41, 5.74) is 0.424. The molecule has 1 amide bonds. The van der Waals surface area contributed by atoms with Crippen LogP contribution in [0.15, 0.2) is 28.7 Å². The number of aliphatic hydroxyl groups is 1. The van der Waals surface area contributed by atoms with Crippen LogP contribution in [0.3, 0.4) is 0 Å². The number of likely N-dealkylation sites (tertiary alicyclic amines) is 1. The van der Waals surface area contributed by atoms with Gasteiger partial charge in [0.2, 0.25) is 5.89 Å². The SMILES string of the molecule is CC(C)(O)[C@@H]1CCCN1C(=O)c1ccc(-c2n[nH]c(=S)o2)cc1. The average molecular weight is 333 g/mol. The largest absolute Gasteiger partial charge is 0.409 e. The van der Waals surface area contributed by atoms with Gasteiger partial charge in [0.1, 0.15) is 0 Å². The molecule has 1 aliphatic rings. The Hall–Kier alpha value is -1.99. The lowest BCUT2D eigenvalue weighted by Gasteiger charge is -2.33. The monoisotopic (exact) mass is 333 g/mol. The van der Waals surface area contributed by atoms with E-state index in [2.05, 4.69) is 10.2 Å². The first-order valence-corrected chi connectivity index (χ1v) is 7.96. The highest BCUT2D eigenvalue weighted by atomic mass is 32.1. The van der Waals surface area contributed by atoms with E-state index in [0.717, 1.165) is 18.4 Å². The summed E-state index contributed by atoms with van der Waals surface area (Å²) in [4.78, 5) is 14.7. The number of nitrogens with zero attached hydrogens (tertiary/aromatic N) is 2. The Morgan fingerprint density at radius 3 is 2.70 bits per heavy atom. The van der Waals surface area contributed by atoms with Gasteiger partial charge in [0.05, 0.1) is 11.6 Å². The molecule has 0 spiro atoms. The van der Waals surface area contributed by atoms with Gasteiger partial charge in [-0.15, -0.1) is 5.10 Å². The molecule has 1 atom stereocenters. The molecule has 1 aliphatic heterocycles. The van der Waals surface area contributed by atoms with Gasteiger partial charge in [-0.3, -0.25) is 4.79 Å². The lowest BCUT2D eigenvalue weighted by molar-refractivity contribution is 0.000337. The fourth-order valence-corrected chi connectivity index (χ4v) is 3.14. The summed E-state index contributed by atoms with van der Waals surface area (Å²) in [5, 5.41) is 16.8. The first-order chi connectivity index (χ1) is 10.9. The Morgan fingerprint density at radius 2 is 2.13 bits per heavy atom. The molecule has 1 aromatic carbocycles. The molecule has 0 aliphatic carbocycles. The van der Waals surface area contributed by atoms with Crippen LogP contribution in [0.25, 0.3) is 11.5 Å². The smallest absolute Gasteiger partial charge is 0.284 e. The number of hydrogen-bond acceptors (Lipinski definition) is 5. The predicted octanol–water partition coefficient (Wildman–Crippen LogP) is 2.77. The van der Waals surface area contributed by atoms with Gasteiger partial charge >= 0.3 is 0 Å². The number of carbonyl (C=O) groups excluding carboxylic acids is 1. The summed E-state index contributed by atoms with van der Waals surface area (Å²) in [6.07, 6.45) is 1.73. The molecule has 2 heterocycles. The molecule has 0 unspecified atom stereocenters. The number of hydrogen-bond donors (Lipinski definition) is 2. The van der Waals surface area contributed by atoms with E-state index in [0.29, 0.717) is 18.0 Å². The number of H-pyrrole nitrogens is 1. The van der Waals surface area contributed by atoms with Crippen LogP contribution in [0.4, 0.5) is 0 Å². The molecule has 2 aromatic rings. The lowest BCUT2D eigenvalue weighted by atomic mass is 9.96. The third-order valence-electron chi connectivity index (χ3n) is 4.15. The van der Waals surface area contributed by atoms with Gasteiger partial charge in [0, 0.05) is 17.7 Å². The molecule has 23 heavy (non-hydrogen) atoms. The zero-order valence-electron chi connectivity index (χ0n) is 13.1. The summed E-state index contributed by atoms with van der Waals surface area (Å²) in [6, 6.07) is 6.88. The summed E-state index contributed by atoms with van der Waals surface area (Å²) in [5.74, 6) is 0.327. The third-order valence-corrected chi connectivity index (χ3v) is 4.32. The van der Waals surface area contributed by atoms with Crippen LogP contribution in [0.2, 0.25) is 0 Å². The molecular formula is C16H19N3O3S. The van der Waals surface area contributed by atoms with Gasteiger partial charge in [-0.25, -0.2) is 5.10 Å². The van der Waals surface area contributed by atoms with Crippen molar-refractivity contribution in [1.82, 2.24) is 15.1 Å². The number of carbonyl (C=O) groups is 1. The van der Waals surface area contributed by atoms with Crippen molar-refractivity contribution in [2.75, 3.05) is 6.54 Å². The van der Waals surface area contributed by atoms with Crippen molar-refractivity contribution < 1.29 is 14.3 Å². The average Bonchev–Trinajstić information content (AvgIpc) is 3.15. The van der Waals surface area contributed by atoms with E-state index in [1.165, 1.54) is 0 Å². The molecule has 1 fully saturated rings. The Morgan fingerprint density at radius 1 is 1.43 bits per heavy atom. The van der Waals surface area contributed by atoms with Gasteiger partial charge in [0.15, 0.2) is 0 Å². The second-order valence-corrected chi connectivity index (χ2v) is 6.68. The van der Waals surface area contributed by atoms with Crippen LogP contribution >= 0.6 is 12.2 Å². The summed E-state index contributed by atoms with van der Waals surface area (Å²) in [6.45, 7) is 4.17. The van der Waals surface area contributed by atoms with E-state index in [4.69, 9.17) is 16.6 Å². The Bertz CT molecular complexity index is 758. The van der Waals surface area contributed by atoms with Gasteiger partial charge < -0.3 is 14.4 Å². The zero-order chi connectivity index (χ0) is 16.6. The van der Waals surface area contributed by atoms with Crippen molar-refractivity contribution in [3.8, 4) is 11.5 Å². The first-order valence-electron chi connectivity index (χ1n) is 7.55. The van der Waals surface area contributed by atoms with E-state index < -0.39 is 5.60 Å². The molecule has 0 saturated carbocycles. The van der Waals surface area contributed by atoms with E-state index in [1.54, 1.807) is 43.0 Å². The molecular weight excluding hydrogens is 314 g/mol. The molecule has 122 valence electrons. The van der Waals surface area contributed by atoms with E-state index >= 15 is 0 Å². The normalized spacial score (nSPS) is 18.4. The maximum atomic E-state index is 12.7. The van der Waals surface area contributed by atoms with Gasteiger partial charge in [-0.05, 0) is 63.2 Å². The lowest BCUT2D eigenvalue weighted by Crippen LogP contribution is -2.48. The Kier molecular flexibility index (Phi) is 4.08. The van der Waals surface area contributed by atoms with E-state index in [-0.39, 0.29) is 16.8 Å². The maximum Gasteiger partial charge on any atom is 0.284 e. The van der Waals surface area contributed by atoms with Crippen LogP contribution in [0.5, 0.6) is 0 Å². The van der Waals surface area contributed by atoms with Crippen molar-refractivity contribution in [1.29, 1.82) is 0 Å². The second kappa shape index (κ2) is 5.90. The van der Waals surface area contributed by atoms with E-state index in [1.807, 2.05) is 0 Å². The minimum absolute atomic E-state index is 0.0656. The highest BCUT2D eigenvalue weighted by molar-refractivity contribution is 7.71. The fraction of sp³-hybridized carbons (Fsp3) is 0.438. The number of amides is 1. The van der Waals surface area contributed by atoms with E-state index in [9.17, 15) is 9.90 Å². The quantitative estimate of drug-likeness (QED) is 0.844. The third kappa shape index (κ3) is 3.20. The van der Waals surface area contributed by atoms with Crippen LogP contribution in [-0.4, -0.2) is 44.3 Å². The molecule has 2 N–H and O–H groups in total. The maximum absolute atomic E-state index is 12.7. The topological polar surface area (TPSA) is 82.4 Å². The summed E-state index contributed by atoms with van der Waals surface area (Å²) < 4.78 is 5.25. The van der Waals surface area contributed by atoms with Crippen molar-refractivity contribution in [2.45, 2.75) is 38.3 Å². The number of benzene rings is 1. The zero-order valence-corrected chi connectivity index (χ0v) is 13.9. The van der Waals surface area contributed by atoms with Crippen molar-refractivity contribution >= 4 is 18.1 Å². The van der Waals surface area contributed by atoms with Crippen molar-refractivity contribution in [3.05, 3.63) is 34.7 Å². The van der Waals surface area contributed by atoms with Crippen LogP contribution in [0, 0.1) is 4.84 Å². The van der Waals surface area contributed by atoms with Gasteiger partial charge in [-0.2, -0.15) is 0 Å². The predicted molar refractivity (Wildman–Crippen MR) is 87.5 cm³/mol. The highest BCUT2D eigenvalue weighted by Gasteiger charge is 2.38. The van der Waals surface area contributed by atoms with Gasteiger partial charge in [0.25, 0.3) is 10.7 Å². The minimum atomic E-state index is -0.903. The fourth-order valence-electron chi connectivity index (χ4n) is 3.02. The van der Waals surface area contributed by atoms with Crippen LogP contribution in [0.1, 0.15) is 37.0 Å². The summed E-state index contributed by atoms with van der Waals surface area (Å²) >= 11 is 4.85. The number of aromatic amines is 1. The first kappa shape index (κ1) is 15.9. The molecule has 7 heteroatoms. The highest BCUT2D eigenvalue weighted by Crippen LogP contribution is 2.28. The molecule has 6 nitrogen and oxygen atoms in total. The molecule has 3 rings (SSSR count). The van der Waals surface area contributed by atoms with Crippen LogP contribution in [-0.2, 0) is 0 Å². The van der Waals surface area contributed by atoms with Crippen molar-refractivity contribution in [2.24, 2.45) is 0 Å². The Labute approximate surface area is 139 Å². The molecule has 0 radical (unpaired) electrons. The van der Waals surface area contributed by atoms with Crippen molar-refractivity contribution in [3.63, 3.8) is 0 Å². The van der Waals surface area contributed by atoms with Crippen LogP contribution < -0.4 is 0 Å². The Balaban J connectivity index is 1.82. The second-order valence-electron chi connectivity index (χ2n) is 6.31. The standard InChI is InChI=1S/C16H19N3O3S/c1-16(2,21)12-4-3-9-19(12)14(20)11-7-5-10(6-8-11)13-17-18-15(23)22-13/h5-8,12,21H,3-4,9H2,1-2H3,(H,18,23)/t12-/m0/s1. The molecule has 1 saturated heterocycles. The molecule has 1 aromatic heterocycles. The number of rotatable bonds is 3.